The molecule has 0 unspecified atom stereocenters. The van der Waals surface area contributed by atoms with Crippen molar-refractivity contribution in [3.8, 4) is 17.0 Å². The van der Waals surface area contributed by atoms with Crippen molar-refractivity contribution in [1.29, 1.82) is 0 Å². The number of hydrogen-bond acceptors (Lipinski definition) is 6. The van der Waals surface area contributed by atoms with Crippen LogP contribution in [0.15, 0.2) is 58.8 Å². The first-order chi connectivity index (χ1) is 15.1. The van der Waals surface area contributed by atoms with Crippen LogP contribution in [0.3, 0.4) is 0 Å². The summed E-state index contributed by atoms with van der Waals surface area (Å²) < 4.78 is 5.25. The minimum atomic E-state index is -0.131. The van der Waals surface area contributed by atoms with Crippen LogP contribution in [0.2, 0.25) is 0 Å². The molecule has 0 saturated carbocycles. The van der Waals surface area contributed by atoms with Crippen LogP contribution in [-0.2, 0) is 9.59 Å². The second kappa shape index (κ2) is 11.5. The maximum absolute atomic E-state index is 12.4. The summed E-state index contributed by atoms with van der Waals surface area (Å²) >= 11 is 2.79. The van der Waals surface area contributed by atoms with Crippen molar-refractivity contribution < 1.29 is 14.3 Å². The molecule has 0 aliphatic carbocycles. The number of thioether (sulfide) groups is 1. The largest absolute Gasteiger partial charge is 0.497 e. The van der Waals surface area contributed by atoms with Crippen LogP contribution in [0, 0.1) is 0 Å². The monoisotopic (exact) mass is 455 g/mol. The van der Waals surface area contributed by atoms with E-state index in [4.69, 9.17) is 4.74 Å². The number of amides is 2. The Kier molecular flexibility index (Phi) is 8.49. The number of carbonyl (C=O) groups excluding carboxylic acids is 2. The van der Waals surface area contributed by atoms with Crippen LogP contribution in [0.5, 0.6) is 5.75 Å². The van der Waals surface area contributed by atoms with Crippen molar-refractivity contribution in [2.45, 2.75) is 31.1 Å². The van der Waals surface area contributed by atoms with Gasteiger partial charge in [-0.05, 0) is 36.8 Å². The number of anilines is 2. The Hall–Kier alpha value is -2.84. The fraction of sp³-hybridized carbons (Fsp3) is 0.261. The third-order valence-electron chi connectivity index (χ3n) is 4.36. The van der Waals surface area contributed by atoms with Crippen molar-refractivity contribution in [3.63, 3.8) is 0 Å². The van der Waals surface area contributed by atoms with Gasteiger partial charge < -0.3 is 15.4 Å². The number of rotatable bonds is 10. The molecule has 2 N–H and O–H groups in total. The van der Waals surface area contributed by atoms with Crippen molar-refractivity contribution >= 4 is 45.7 Å². The summed E-state index contributed by atoms with van der Waals surface area (Å²) in [4.78, 5) is 29.7. The molecule has 2 aromatic carbocycles. The first-order valence-corrected chi connectivity index (χ1v) is 11.9. The minimum absolute atomic E-state index is 0.0114. The van der Waals surface area contributed by atoms with E-state index in [-0.39, 0.29) is 17.6 Å². The topological polar surface area (TPSA) is 80.3 Å². The number of benzene rings is 2. The molecule has 0 aliphatic rings. The highest BCUT2D eigenvalue weighted by Crippen LogP contribution is 2.28. The Labute approximate surface area is 190 Å². The van der Waals surface area contributed by atoms with E-state index in [2.05, 4.69) is 22.5 Å². The van der Waals surface area contributed by atoms with E-state index in [9.17, 15) is 9.59 Å². The first-order valence-electron chi connectivity index (χ1n) is 10.00. The number of nitrogens with zero attached hydrogens (tertiary/aromatic N) is 1. The molecule has 0 aliphatic heterocycles. The highest BCUT2D eigenvalue weighted by atomic mass is 32.2. The van der Waals surface area contributed by atoms with Gasteiger partial charge in [-0.15, -0.1) is 23.1 Å². The lowest BCUT2D eigenvalue weighted by atomic mass is 10.2. The van der Waals surface area contributed by atoms with E-state index in [0.29, 0.717) is 11.6 Å². The van der Waals surface area contributed by atoms with Gasteiger partial charge in [-0.2, -0.15) is 0 Å². The van der Waals surface area contributed by atoms with Gasteiger partial charge >= 0.3 is 0 Å². The van der Waals surface area contributed by atoms with Crippen LogP contribution >= 0.6 is 23.1 Å². The average Bonchev–Trinajstić information content (AvgIpc) is 3.25. The lowest BCUT2D eigenvalue weighted by Gasteiger charge is -2.07. The zero-order valence-corrected chi connectivity index (χ0v) is 19.1. The van der Waals surface area contributed by atoms with Gasteiger partial charge in [-0.1, -0.05) is 31.5 Å². The van der Waals surface area contributed by atoms with Gasteiger partial charge in [0.25, 0.3) is 0 Å². The number of methoxy groups -OCH3 is 1. The molecule has 2 amide bonds. The molecule has 0 saturated heterocycles. The molecular weight excluding hydrogens is 430 g/mol. The van der Waals surface area contributed by atoms with Gasteiger partial charge in [-0.3, -0.25) is 9.59 Å². The Morgan fingerprint density at radius 1 is 1.10 bits per heavy atom. The summed E-state index contributed by atoms with van der Waals surface area (Å²) in [5.74, 6) is 0.893. The summed E-state index contributed by atoms with van der Waals surface area (Å²) in [6, 6.07) is 15.2. The molecule has 162 valence electrons. The van der Waals surface area contributed by atoms with E-state index in [1.165, 1.54) is 23.1 Å². The summed E-state index contributed by atoms with van der Waals surface area (Å²) in [5.41, 5.74) is 2.47. The Morgan fingerprint density at radius 2 is 1.94 bits per heavy atom. The Balaban J connectivity index is 1.52. The first kappa shape index (κ1) is 22.8. The SMILES string of the molecule is CCCCC(=O)Nc1cccc(SCC(=O)Nc2nc(-c3cccc(OC)c3)cs2)c1. The van der Waals surface area contributed by atoms with E-state index in [1.54, 1.807) is 7.11 Å². The van der Waals surface area contributed by atoms with Crippen molar-refractivity contribution in [2.24, 2.45) is 0 Å². The predicted molar refractivity (Wildman–Crippen MR) is 128 cm³/mol. The highest BCUT2D eigenvalue weighted by molar-refractivity contribution is 8.00. The number of carbonyl (C=O) groups is 2. The van der Waals surface area contributed by atoms with Crippen LogP contribution in [0.1, 0.15) is 26.2 Å². The molecule has 6 nitrogen and oxygen atoms in total. The summed E-state index contributed by atoms with van der Waals surface area (Å²) in [5, 5.41) is 8.21. The maximum atomic E-state index is 12.4. The predicted octanol–water partition coefficient (Wildman–Crippen LogP) is 5.68. The van der Waals surface area contributed by atoms with Crippen molar-refractivity contribution in [2.75, 3.05) is 23.5 Å². The van der Waals surface area contributed by atoms with Gasteiger partial charge in [-0.25, -0.2) is 4.98 Å². The second-order valence-electron chi connectivity index (χ2n) is 6.79. The molecule has 3 aromatic rings. The average molecular weight is 456 g/mol. The van der Waals surface area contributed by atoms with E-state index >= 15 is 0 Å². The van der Waals surface area contributed by atoms with E-state index in [1.807, 2.05) is 53.9 Å². The molecular formula is C23H25N3O3S2. The molecule has 1 aromatic heterocycles. The van der Waals surface area contributed by atoms with Crippen LogP contribution < -0.4 is 15.4 Å². The number of ether oxygens (including phenoxy) is 1. The summed E-state index contributed by atoms with van der Waals surface area (Å²) in [7, 11) is 1.62. The van der Waals surface area contributed by atoms with Gasteiger partial charge in [0.05, 0.1) is 18.6 Å². The Bertz CT molecular complexity index is 1040. The lowest BCUT2D eigenvalue weighted by Crippen LogP contribution is -2.14. The summed E-state index contributed by atoms with van der Waals surface area (Å²) in [6.45, 7) is 2.06. The highest BCUT2D eigenvalue weighted by Gasteiger charge is 2.10. The van der Waals surface area contributed by atoms with Gasteiger partial charge in [0, 0.05) is 27.9 Å². The quantitative estimate of drug-likeness (QED) is 0.385. The van der Waals surface area contributed by atoms with Crippen molar-refractivity contribution in [3.05, 3.63) is 53.9 Å². The third kappa shape index (κ3) is 7.11. The molecule has 1 heterocycles. The molecule has 3 rings (SSSR count). The fourth-order valence-corrected chi connectivity index (χ4v) is 4.27. The zero-order chi connectivity index (χ0) is 22.1. The van der Waals surface area contributed by atoms with Gasteiger partial charge in [0.1, 0.15) is 5.75 Å². The molecule has 0 spiro atoms. The fourth-order valence-electron chi connectivity index (χ4n) is 2.77. The molecule has 31 heavy (non-hydrogen) atoms. The standard InChI is InChI=1S/C23H25N3O3S2/c1-3-4-11-21(27)24-17-8-6-10-19(13-17)30-15-22(28)26-23-25-20(14-31-23)16-7-5-9-18(12-16)29-2/h5-10,12-14H,3-4,11,15H2,1-2H3,(H,24,27)(H,25,26,28). The van der Waals surface area contributed by atoms with Crippen molar-refractivity contribution in [1.82, 2.24) is 4.98 Å². The molecule has 8 heteroatoms. The molecule has 0 radical (unpaired) electrons. The van der Waals surface area contributed by atoms with Crippen LogP contribution in [-0.4, -0.2) is 29.7 Å². The molecule has 0 atom stereocenters. The zero-order valence-electron chi connectivity index (χ0n) is 17.5. The van der Waals surface area contributed by atoms with Crippen LogP contribution in [0.4, 0.5) is 10.8 Å². The smallest absolute Gasteiger partial charge is 0.236 e. The van der Waals surface area contributed by atoms with Gasteiger partial charge in [0.15, 0.2) is 5.13 Å². The number of unbranched alkanes of at least 4 members (excludes halogenated alkanes) is 1. The maximum Gasteiger partial charge on any atom is 0.236 e. The molecule has 0 fully saturated rings. The number of hydrogen-bond donors (Lipinski definition) is 2. The minimum Gasteiger partial charge on any atom is -0.497 e. The van der Waals surface area contributed by atoms with E-state index < -0.39 is 0 Å². The Morgan fingerprint density at radius 3 is 2.74 bits per heavy atom. The molecule has 0 bridgehead atoms. The second-order valence-corrected chi connectivity index (χ2v) is 8.69. The number of aromatic nitrogens is 1. The normalized spacial score (nSPS) is 10.5. The van der Waals surface area contributed by atoms with Crippen LogP contribution in [0.25, 0.3) is 11.3 Å². The number of thiazole rings is 1. The van der Waals surface area contributed by atoms with Gasteiger partial charge in [0.2, 0.25) is 11.8 Å². The third-order valence-corrected chi connectivity index (χ3v) is 6.11. The summed E-state index contributed by atoms with van der Waals surface area (Å²) in [6.07, 6.45) is 2.37. The van der Waals surface area contributed by atoms with E-state index in [0.717, 1.165) is 40.4 Å². The lowest BCUT2D eigenvalue weighted by molar-refractivity contribution is -0.116. The number of nitrogens with one attached hydrogen (secondary N) is 2.